The van der Waals surface area contributed by atoms with E-state index >= 15 is 0 Å². The average Bonchev–Trinajstić information content (AvgIpc) is 2.93. The van der Waals surface area contributed by atoms with Gasteiger partial charge in [-0.3, -0.25) is 0 Å². The predicted octanol–water partition coefficient (Wildman–Crippen LogP) is 4.46. The minimum Gasteiger partial charge on any atom is -0.488 e. The largest absolute Gasteiger partial charge is 0.488 e. The minimum absolute atomic E-state index is 0. The van der Waals surface area contributed by atoms with E-state index in [1.165, 1.54) is 0 Å². The number of imidazole rings is 1. The van der Waals surface area contributed by atoms with E-state index < -0.39 is 0 Å². The molecule has 0 aliphatic carbocycles. The number of ether oxygens (including phenoxy) is 1. The summed E-state index contributed by atoms with van der Waals surface area (Å²) in [6.07, 6.45) is 4.18. The van der Waals surface area contributed by atoms with Gasteiger partial charge in [0.05, 0.1) is 0 Å². The van der Waals surface area contributed by atoms with Gasteiger partial charge in [-0.05, 0) is 57.0 Å². The van der Waals surface area contributed by atoms with E-state index in [2.05, 4.69) is 10.3 Å². The summed E-state index contributed by atoms with van der Waals surface area (Å²) in [5.74, 6) is 1.82. The van der Waals surface area contributed by atoms with Crippen LogP contribution in [0.15, 0.2) is 24.4 Å². The average molecular weight is 407 g/mol. The Labute approximate surface area is 170 Å². The van der Waals surface area contributed by atoms with Crippen molar-refractivity contribution >= 4 is 35.2 Å². The van der Waals surface area contributed by atoms with Crippen LogP contribution in [0.2, 0.25) is 5.02 Å². The fourth-order valence-electron chi connectivity index (χ4n) is 3.58. The second-order valence-electron chi connectivity index (χ2n) is 6.93. The first-order valence-corrected chi connectivity index (χ1v) is 9.38. The van der Waals surface area contributed by atoms with Crippen LogP contribution in [0.4, 0.5) is 0 Å². The van der Waals surface area contributed by atoms with Crippen molar-refractivity contribution in [2.75, 3.05) is 13.1 Å². The van der Waals surface area contributed by atoms with Crippen LogP contribution in [0.3, 0.4) is 0 Å². The van der Waals surface area contributed by atoms with Gasteiger partial charge in [0.1, 0.15) is 23.2 Å². The number of hydrogen-bond acceptors (Lipinski definition) is 4. The van der Waals surface area contributed by atoms with Gasteiger partial charge >= 0.3 is 0 Å². The van der Waals surface area contributed by atoms with Crippen LogP contribution in [-0.4, -0.2) is 33.7 Å². The first-order chi connectivity index (χ1) is 12.5. The Kier molecular flexibility index (Phi) is 5.94. The summed E-state index contributed by atoms with van der Waals surface area (Å²) in [5, 5.41) is 4.11. The van der Waals surface area contributed by atoms with E-state index in [1.54, 1.807) is 0 Å². The second-order valence-corrected chi connectivity index (χ2v) is 7.37. The van der Waals surface area contributed by atoms with Gasteiger partial charge in [0.15, 0.2) is 5.65 Å². The van der Waals surface area contributed by atoms with E-state index in [-0.39, 0.29) is 18.5 Å². The fraction of sp³-hybridized carbons (Fsp3) is 0.400. The molecule has 0 saturated carbocycles. The van der Waals surface area contributed by atoms with Crippen molar-refractivity contribution in [3.8, 4) is 16.9 Å². The number of aryl methyl sites for hydroxylation is 3. The number of rotatable bonds is 3. The molecule has 0 amide bonds. The van der Waals surface area contributed by atoms with Crippen LogP contribution >= 0.6 is 24.0 Å². The number of halogens is 2. The quantitative estimate of drug-likeness (QED) is 0.697. The summed E-state index contributed by atoms with van der Waals surface area (Å²) in [6.45, 7) is 5.96. The maximum atomic E-state index is 6.44. The zero-order chi connectivity index (χ0) is 18.3. The molecule has 1 aliphatic rings. The van der Waals surface area contributed by atoms with Crippen molar-refractivity contribution < 1.29 is 4.74 Å². The molecule has 1 N–H and O–H groups in total. The van der Waals surface area contributed by atoms with E-state index in [1.807, 2.05) is 49.9 Å². The highest BCUT2D eigenvalue weighted by atomic mass is 35.5. The van der Waals surface area contributed by atoms with Crippen LogP contribution in [0, 0.1) is 13.8 Å². The summed E-state index contributed by atoms with van der Waals surface area (Å²) in [4.78, 5) is 9.22. The highest BCUT2D eigenvalue weighted by Crippen LogP contribution is 2.39. The molecule has 0 radical (unpaired) electrons. The molecule has 2 aromatic heterocycles. The fourth-order valence-corrected chi connectivity index (χ4v) is 3.85. The Bertz CT molecular complexity index is 964. The van der Waals surface area contributed by atoms with E-state index in [4.69, 9.17) is 21.3 Å². The molecular weight excluding hydrogens is 383 g/mol. The van der Waals surface area contributed by atoms with Gasteiger partial charge < -0.3 is 14.6 Å². The third-order valence-corrected chi connectivity index (χ3v) is 5.27. The van der Waals surface area contributed by atoms with Gasteiger partial charge in [0.25, 0.3) is 0 Å². The Morgan fingerprint density at radius 3 is 2.81 bits per heavy atom. The predicted molar refractivity (Wildman–Crippen MR) is 112 cm³/mol. The van der Waals surface area contributed by atoms with Crippen LogP contribution in [0.5, 0.6) is 5.75 Å². The lowest BCUT2D eigenvalue weighted by Crippen LogP contribution is -2.37. The molecule has 5 nitrogen and oxygen atoms in total. The van der Waals surface area contributed by atoms with Crippen LogP contribution in [0.25, 0.3) is 22.3 Å². The number of nitrogens with zero attached hydrogens (tertiary/aromatic N) is 3. The molecule has 7 heteroatoms. The lowest BCUT2D eigenvalue weighted by molar-refractivity contribution is 0.167. The molecule has 1 saturated heterocycles. The number of aromatic nitrogens is 3. The highest BCUT2D eigenvalue weighted by molar-refractivity contribution is 6.31. The van der Waals surface area contributed by atoms with Crippen molar-refractivity contribution in [1.29, 1.82) is 0 Å². The number of hydrogen-bond donors (Lipinski definition) is 1. The topological polar surface area (TPSA) is 52.0 Å². The lowest BCUT2D eigenvalue weighted by Gasteiger charge is -2.26. The molecule has 0 spiro atoms. The van der Waals surface area contributed by atoms with Gasteiger partial charge in [-0.1, -0.05) is 11.6 Å². The normalized spacial score (nSPS) is 17.0. The molecule has 1 aliphatic heterocycles. The van der Waals surface area contributed by atoms with Crippen LogP contribution in [0.1, 0.15) is 24.2 Å². The Balaban J connectivity index is 0.00000210. The number of piperidine rings is 1. The molecule has 3 aromatic rings. The van der Waals surface area contributed by atoms with Crippen molar-refractivity contribution in [3.05, 3.63) is 40.8 Å². The van der Waals surface area contributed by atoms with Crippen molar-refractivity contribution in [1.82, 2.24) is 19.9 Å². The van der Waals surface area contributed by atoms with Gasteiger partial charge in [0, 0.05) is 35.9 Å². The molecular formula is C20H24Cl2N4O. The molecule has 4 rings (SSSR count). The number of benzene rings is 1. The molecule has 1 aromatic carbocycles. The van der Waals surface area contributed by atoms with Crippen LogP contribution < -0.4 is 10.1 Å². The molecule has 27 heavy (non-hydrogen) atoms. The Morgan fingerprint density at radius 1 is 1.26 bits per heavy atom. The third-order valence-electron chi connectivity index (χ3n) is 5.05. The SMILES string of the molecule is Cc1cc(Cl)cc(-c2ccnc3c2nc(C)n3C)c1OC1CCCNC1.Cl. The van der Waals surface area contributed by atoms with Gasteiger partial charge in [-0.15, -0.1) is 12.4 Å². The van der Waals surface area contributed by atoms with Gasteiger partial charge in [-0.2, -0.15) is 0 Å². The van der Waals surface area contributed by atoms with Crippen molar-refractivity contribution in [2.45, 2.75) is 32.8 Å². The zero-order valence-electron chi connectivity index (χ0n) is 15.8. The zero-order valence-corrected chi connectivity index (χ0v) is 17.3. The monoisotopic (exact) mass is 406 g/mol. The Hall–Kier alpha value is -1.82. The maximum Gasteiger partial charge on any atom is 0.160 e. The molecule has 0 bridgehead atoms. The minimum atomic E-state index is 0. The first kappa shape index (κ1) is 19.9. The second kappa shape index (κ2) is 8.05. The molecule has 3 heterocycles. The summed E-state index contributed by atoms with van der Waals surface area (Å²) in [6, 6.07) is 5.92. The number of pyridine rings is 1. The van der Waals surface area contributed by atoms with Gasteiger partial charge in [-0.25, -0.2) is 9.97 Å². The summed E-state index contributed by atoms with van der Waals surface area (Å²) in [5.41, 5.74) is 4.76. The summed E-state index contributed by atoms with van der Waals surface area (Å²) >= 11 is 6.39. The molecule has 1 unspecified atom stereocenters. The van der Waals surface area contributed by atoms with Crippen molar-refractivity contribution in [3.63, 3.8) is 0 Å². The first-order valence-electron chi connectivity index (χ1n) is 9.00. The third kappa shape index (κ3) is 3.77. The van der Waals surface area contributed by atoms with E-state index in [0.717, 1.165) is 65.4 Å². The van der Waals surface area contributed by atoms with Crippen molar-refractivity contribution in [2.24, 2.45) is 7.05 Å². The van der Waals surface area contributed by atoms with E-state index in [9.17, 15) is 0 Å². The van der Waals surface area contributed by atoms with E-state index in [0.29, 0.717) is 5.02 Å². The van der Waals surface area contributed by atoms with Gasteiger partial charge in [0.2, 0.25) is 0 Å². The standard InChI is InChI=1S/C20H23ClN4O.ClH/c1-12-9-14(21)10-17(19(12)26-15-5-4-7-22-11-15)16-6-8-23-20-18(16)24-13(2)25(20)3;/h6,8-10,15,22H,4-5,7,11H2,1-3H3;1H. The summed E-state index contributed by atoms with van der Waals surface area (Å²) < 4.78 is 8.44. The molecule has 1 atom stereocenters. The van der Waals surface area contributed by atoms with Crippen LogP contribution in [-0.2, 0) is 7.05 Å². The molecule has 1 fully saturated rings. The number of fused-ring (bicyclic) bond motifs is 1. The highest BCUT2D eigenvalue weighted by Gasteiger charge is 2.21. The smallest absolute Gasteiger partial charge is 0.160 e. The Morgan fingerprint density at radius 2 is 2.07 bits per heavy atom. The lowest BCUT2D eigenvalue weighted by atomic mass is 10.0. The molecule has 144 valence electrons. The maximum absolute atomic E-state index is 6.44. The number of nitrogens with one attached hydrogen (secondary N) is 1. The summed E-state index contributed by atoms with van der Waals surface area (Å²) in [7, 11) is 1.98.